The lowest BCUT2D eigenvalue weighted by molar-refractivity contribution is 0.625. The van der Waals surface area contributed by atoms with E-state index in [-0.39, 0.29) is 5.82 Å². The van der Waals surface area contributed by atoms with Gasteiger partial charge in [-0.3, -0.25) is 0 Å². The summed E-state index contributed by atoms with van der Waals surface area (Å²) in [5.41, 5.74) is 1.94. The number of hydrogen-bond acceptors (Lipinski definition) is 1. The third-order valence-electron chi connectivity index (χ3n) is 1.89. The average Bonchev–Trinajstić information content (AvgIpc) is 2.16. The fourth-order valence-electron chi connectivity index (χ4n) is 1.18. The van der Waals surface area contributed by atoms with Gasteiger partial charge in [-0.1, -0.05) is 25.6 Å². The SMILES string of the molecule is C=Cc1cc(F)ccc1CNCC. The standard InChI is InChI=1S/C11H14FN/c1-3-9-7-11(12)6-5-10(9)8-13-4-2/h3,5-7,13H,1,4,8H2,2H3. The highest BCUT2D eigenvalue weighted by Crippen LogP contribution is 2.12. The van der Waals surface area contributed by atoms with Gasteiger partial charge in [-0.25, -0.2) is 4.39 Å². The molecule has 0 aromatic heterocycles. The molecular formula is C11H14FN. The normalized spacial score (nSPS) is 10.0. The van der Waals surface area contributed by atoms with Crippen LogP contribution in [0, 0.1) is 5.82 Å². The first-order valence-corrected chi connectivity index (χ1v) is 4.39. The summed E-state index contributed by atoms with van der Waals surface area (Å²) in [6.07, 6.45) is 1.68. The molecule has 0 aliphatic rings. The largest absolute Gasteiger partial charge is 0.313 e. The van der Waals surface area contributed by atoms with E-state index >= 15 is 0 Å². The second kappa shape index (κ2) is 4.77. The van der Waals surface area contributed by atoms with Crippen LogP contribution in [-0.4, -0.2) is 6.54 Å². The lowest BCUT2D eigenvalue weighted by Gasteiger charge is -2.06. The van der Waals surface area contributed by atoms with Gasteiger partial charge in [-0.15, -0.1) is 0 Å². The summed E-state index contributed by atoms with van der Waals surface area (Å²) < 4.78 is 12.8. The zero-order chi connectivity index (χ0) is 9.68. The van der Waals surface area contributed by atoms with Gasteiger partial charge in [0.1, 0.15) is 5.82 Å². The second-order valence-corrected chi connectivity index (χ2v) is 2.83. The number of halogens is 1. The van der Waals surface area contributed by atoms with Gasteiger partial charge >= 0.3 is 0 Å². The molecule has 0 saturated carbocycles. The van der Waals surface area contributed by atoms with E-state index in [9.17, 15) is 4.39 Å². The van der Waals surface area contributed by atoms with Gasteiger partial charge in [0.15, 0.2) is 0 Å². The maximum absolute atomic E-state index is 12.8. The molecule has 70 valence electrons. The molecule has 1 N–H and O–H groups in total. The van der Waals surface area contributed by atoms with Gasteiger partial charge in [0.25, 0.3) is 0 Å². The van der Waals surface area contributed by atoms with Crippen molar-refractivity contribution in [2.45, 2.75) is 13.5 Å². The van der Waals surface area contributed by atoms with Crippen molar-refractivity contribution in [3.8, 4) is 0 Å². The molecular weight excluding hydrogens is 165 g/mol. The van der Waals surface area contributed by atoms with E-state index in [1.807, 2.05) is 6.92 Å². The number of hydrogen-bond donors (Lipinski definition) is 1. The first-order valence-electron chi connectivity index (χ1n) is 4.39. The van der Waals surface area contributed by atoms with E-state index in [1.54, 1.807) is 12.1 Å². The molecule has 1 aromatic carbocycles. The monoisotopic (exact) mass is 179 g/mol. The Labute approximate surface area is 78.3 Å². The predicted molar refractivity (Wildman–Crippen MR) is 53.9 cm³/mol. The quantitative estimate of drug-likeness (QED) is 0.749. The highest BCUT2D eigenvalue weighted by Gasteiger charge is 1.99. The van der Waals surface area contributed by atoms with Crippen LogP contribution < -0.4 is 5.32 Å². The molecule has 0 spiro atoms. The molecule has 0 heterocycles. The van der Waals surface area contributed by atoms with Gasteiger partial charge in [0.2, 0.25) is 0 Å². The molecule has 0 aliphatic heterocycles. The highest BCUT2D eigenvalue weighted by atomic mass is 19.1. The highest BCUT2D eigenvalue weighted by molar-refractivity contribution is 5.51. The van der Waals surface area contributed by atoms with Crippen LogP contribution >= 0.6 is 0 Å². The fraction of sp³-hybridized carbons (Fsp3) is 0.273. The Hall–Kier alpha value is -1.15. The van der Waals surface area contributed by atoms with E-state index in [0.717, 1.165) is 24.2 Å². The summed E-state index contributed by atoms with van der Waals surface area (Å²) >= 11 is 0. The van der Waals surface area contributed by atoms with E-state index in [4.69, 9.17) is 0 Å². The molecule has 13 heavy (non-hydrogen) atoms. The van der Waals surface area contributed by atoms with Crippen molar-refractivity contribution < 1.29 is 4.39 Å². The summed E-state index contributed by atoms with van der Waals surface area (Å²) in [7, 11) is 0. The first-order chi connectivity index (χ1) is 6.27. The molecule has 0 unspecified atom stereocenters. The molecule has 2 heteroatoms. The Balaban J connectivity index is 2.86. The maximum atomic E-state index is 12.8. The summed E-state index contributed by atoms with van der Waals surface area (Å²) in [6.45, 7) is 7.36. The zero-order valence-electron chi connectivity index (χ0n) is 7.81. The molecule has 0 saturated heterocycles. The minimum absolute atomic E-state index is 0.213. The molecule has 0 aliphatic carbocycles. The third kappa shape index (κ3) is 2.67. The van der Waals surface area contributed by atoms with E-state index in [0.29, 0.717) is 0 Å². The lowest BCUT2D eigenvalue weighted by Crippen LogP contribution is -2.12. The van der Waals surface area contributed by atoms with Crippen LogP contribution in [0.5, 0.6) is 0 Å². The Morgan fingerprint density at radius 2 is 2.31 bits per heavy atom. The van der Waals surface area contributed by atoms with Crippen LogP contribution in [0.3, 0.4) is 0 Å². The Morgan fingerprint density at radius 3 is 2.92 bits per heavy atom. The first kappa shape index (κ1) is 9.93. The Bertz CT molecular complexity index is 294. The molecule has 0 radical (unpaired) electrons. The second-order valence-electron chi connectivity index (χ2n) is 2.83. The summed E-state index contributed by atoms with van der Waals surface area (Å²) in [6, 6.07) is 4.76. The van der Waals surface area contributed by atoms with Crippen molar-refractivity contribution >= 4 is 6.08 Å². The van der Waals surface area contributed by atoms with Gasteiger partial charge in [0.05, 0.1) is 0 Å². The van der Waals surface area contributed by atoms with Crippen molar-refractivity contribution in [3.05, 3.63) is 41.7 Å². The van der Waals surface area contributed by atoms with Crippen LogP contribution in [0.2, 0.25) is 0 Å². The molecule has 0 amide bonds. The minimum Gasteiger partial charge on any atom is -0.313 e. The molecule has 1 aromatic rings. The lowest BCUT2D eigenvalue weighted by atomic mass is 10.1. The van der Waals surface area contributed by atoms with Crippen LogP contribution in [-0.2, 0) is 6.54 Å². The number of rotatable bonds is 4. The molecule has 0 fully saturated rings. The van der Waals surface area contributed by atoms with E-state index < -0.39 is 0 Å². The molecule has 0 atom stereocenters. The minimum atomic E-state index is -0.213. The third-order valence-corrected chi connectivity index (χ3v) is 1.89. The van der Waals surface area contributed by atoms with Crippen LogP contribution in [0.15, 0.2) is 24.8 Å². The van der Waals surface area contributed by atoms with E-state index in [1.165, 1.54) is 12.1 Å². The fourth-order valence-corrected chi connectivity index (χ4v) is 1.18. The van der Waals surface area contributed by atoms with Gasteiger partial charge in [-0.2, -0.15) is 0 Å². The van der Waals surface area contributed by atoms with Crippen molar-refractivity contribution in [2.24, 2.45) is 0 Å². The zero-order valence-corrected chi connectivity index (χ0v) is 7.81. The predicted octanol–water partition coefficient (Wildman–Crippen LogP) is 2.58. The average molecular weight is 179 g/mol. The van der Waals surface area contributed by atoms with Crippen LogP contribution in [0.1, 0.15) is 18.1 Å². The van der Waals surface area contributed by atoms with Crippen LogP contribution in [0.4, 0.5) is 4.39 Å². The van der Waals surface area contributed by atoms with Crippen molar-refractivity contribution in [1.82, 2.24) is 5.32 Å². The van der Waals surface area contributed by atoms with Crippen molar-refractivity contribution in [2.75, 3.05) is 6.54 Å². The summed E-state index contributed by atoms with van der Waals surface area (Å²) in [4.78, 5) is 0. The van der Waals surface area contributed by atoms with Gasteiger partial charge in [0, 0.05) is 6.54 Å². The van der Waals surface area contributed by atoms with Gasteiger partial charge < -0.3 is 5.32 Å². The number of benzene rings is 1. The topological polar surface area (TPSA) is 12.0 Å². The molecule has 1 rings (SSSR count). The molecule has 1 nitrogen and oxygen atoms in total. The summed E-state index contributed by atoms with van der Waals surface area (Å²) in [5.74, 6) is -0.213. The van der Waals surface area contributed by atoms with Crippen molar-refractivity contribution in [1.29, 1.82) is 0 Å². The number of nitrogens with one attached hydrogen (secondary N) is 1. The van der Waals surface area contributed by atoms with Gasteiger partial charge in [-0.05, 0) is 29.8 Å². The Morgan fingerprint density at radius 1 is 1.54 bits per heavy atom. The van der Waals surface area contributed by atoms with Crippen LogP contribution in [0.25, 0.3) is 6.08 Å². The maximum Gasteiger partial charge on any atom is 0.123 e. The Kier molecular flexibility index (Phi) is 3.65. The van der Waals surface area contributed by atoms with Crippen molar-refractivity contribution in [3.63, 3.8) is 0 Å². The van der Waals surface area contributed by atoms with E-state index in [2.05, 4.69) is 11.9 Å². The summed E-state index contributed by atoms with van der Waals surface area (Å²) in [5, 5.41) is 3.19. The smallest absolute Gasteiger partial charge is 0.123 e. The molecule has 0 bridgehead atoms.